The molecule has 0 unspecified atom stereocenters. The molecule has 0 spiro atoms. The molecule has 1 heterocycles. The minimum absolute atomic E-state index is 0.0246. The van der Waals surface area contributed by atoms with Crippen LogP contribution in [-0.2, 0) is 4.79 Å². The van der Waals surface area contributed by atoms with E-state index in [1.165, 1.54) is 29.4 Å². The average Bonchev–Trinajstić information content (AvgIpc) is 3.34. The van der Waals surface area contributed by atoms with Gasteiger partial charge in [0.15, 0.2) is 5.76 Å². The molecule has 31 heavy (non-hydrogen) atoms. The molecule has 3 aromatic rings. The van der Waals surface area contributed by atoms with Crippen LogP contribution in [0.25, 0.3) is 0 Å². The quantitative estimate of drug-likeness (QED) is 0.592. The Labute approximate surface area is 180 Å². The number of anilines is 1. The predicted molar refractivity (Wildman–Crippen MR) is 116 cm³/mol. The van der Waals surface area contributed by atoms with Crippen LogP contribution >= 0.6 is 0 Å². The minimum atomic E-state index is -1.04. The second-order valence-electron chi connectivity index (χ2n) is 7.76. The molecule has 1 aliphatic carbocycles. The summed E-state index contributed by atoms with van der Waals surface area (Å²) < 4.78 is 20.2. The number of furan rings is 1. The van der Waals surface area contributed by atoms with Gasteiger partial charge in [-0.3, -0.25) is 14.5 Å². The van der Waals surface area contributed by atoms with Crippen LogP contribution in [0, 0.1) is 5.82 Å². The number of benzene rings is 2. The zero-order chi connectivity index (χ0) is 21.6. The lowest BCUT2D eigenvalue weighted by molar-refractivity contribution is -0.123. The van der Waals surface area contributed by atoms with E-state index in [9.17, 15) is 14.0 Å². The maximum absolute atomic E-state index is 14.9. The van der Waals surface area contributed by atoms with Gasteiger partial charge in [0.2, 0.25) is 5.91 Å². The van der Waals surface area contributed by atoms with E-state index in [4.69, 9.17) is 4.42 Å². The fourth-order valence-corrected chi connectivity index (χ4v) is 4.11. The number of hydrogen-bond acceptors (Lipinski definition) is 3. The van der Waals surface area contributed by atoms with Crippen molar-refractivity contribution in [1.82, 2.24) is 5.32 Å². The SMILES string of the molecule is O=C(NC1CCCCC1)[C@@H](c1ccccc1)N(C(=O)c1ccco1)c1ccccc1F. The van der Waals surface area contributed by atoms with E-state index in [0.717, 1.165) is 32.1 Å². The highest BCUT2D eigenvalue weighted by molar-refractivity contribution is 6.08. The van der Waals surface area contributed by atoms with Crippen LogP contribution in [0.2, 0.25) is 0 Å². The number of para-hydroxylation sites is 1. The molecule has 0 saturated heterocycles. The number of rotatable bonds is 6. The third kappa shape index (κ3) is 4.68. The molecule has 1 aromatic heterocycles. The molecule has 1 saturated carbocycles. The number of nitrogens with zero attached hydrogens (tertiary/aromatic N) is 1. The molecule has 160 valence electrons. The summed E-state index contributed by atoms with van der Waals surface area (Å²) in [4.78, 5) is 28.2. The highest BCUT2D eigenvalue weighted by Gasteiger charge is 2.36. The molecule has 0 aliphatic heterocycles. The summed E-state index contributed by atoms with van der Waals surface area (Å²) >= 11 is 0. The predicted octanol–water partition coefficient (Wildman–Crippen LogP) is 5.26. The largest absolute Gasteiger partial charge is 0.459 e. The topological polar surface area (TPSA) is 62.6 Å². The van der Waals surface area contributed by atoms with Gasteiger partial charge >= 0.3 is 0 Å². The third-order valence-corrected chi connectivity index (χ3v) is 5.64. The summed E-state index contributed by atoms with van der Waals surface area (Å²) in [5.41, 5.74) is 0.621. The standard InChI is InChI=1S/C25H25FN2O3/c26-20-14-7-8-15-21(20)28(25(30)22-16-9-17-31-22)23(18-10-3-1-4-11-18)24(29)27-19-12-5-2-6-13-19/h1,3-4,7-11,14-17,19,23H,2,5-6,12-13H2,(H,27,29)/t23-/m1/s1. The molecule has 0 radical (unpaired) electrons. The Morgan fingerprint density at radius 1 is 0.935 bits per heavy atom. The van der Waals surface area contributed by atoms with Crippen LogP contribution in [0.3, 0.4) is 0 Å². The van der Waals surface area contributed by atoms with Crippen molar-refractivity contribution in [3.63, 3.8) is 0 Å². The molecule has 1 atom stereocenters. The smallest absolute Gasteiger partial charge is 0.295 e. The van der Waals surface area contributed by atoms with E-state index in [-0.39, 0.29) is 23.4 Å². The maximum atomic E-state index is 14.9. The zero-order valence-electron chi connectivity index (χ0n) is 17.2. The Bertz CT molecular complexity index is 1010. The van der Waals surface area contributed by atoms with Crippen LogP contribution in [0.4, 0.5) is 10.1 Å². The Kier molecular flexibility index (Phi) is 6.46. The van der Waals surface area contributed by atoms with E-state index in [2.05, 4.69) is 5.32 Å². The Hall–Kier alpha value is -3.41. The van der Waals surface area contributed by atoms with Gasteiger partial charge in [-0.05, 0) is 42.7 Å². The normalized spacial score (nSPS) is 15.3. The molecule has 0 bridgehead atoms. The van der Waals surface area contributed by atoms with Crippen LogP contribution in [-0.4, -0.2) is 17.9 Å². The molecule has 1 N–H and O–H groups in total. The molecule has 1 fully saturated rings. The van der Waals surface area contributed by atoms with Gasteiger partial charge in [0.25, 0.3) is 5.91 Å². The molecular formula is C25H25FN2O3. The molecule has 6 heteroatoms. The summed E-state index contributed by atoms with van der Waals surface area (Å²) in [6.07, 6.45) is 6.46. The monoisotopic (exact) mass is 420 g/mol. The van der Waals surface area contributed by atoms with Gasteiger partial charge in [-0.1, -0.05) is 61.7 Å². The van der Waals surface area contributed by atoms with Gasteiger partial charge in [-0.2, -0.15) is 0 Å². The Morgan fingerprint density at radius 2 is 1.65 bits per heavy atom. The summed E-state index contributed by atoms with van der Waals surface area (Å²) in [7, 11) is 0. The molecular weight excluding hydrogens is 395 g/mol. The second-order valence-corrected chi connectivity index (χ2v) is 7.76. The lowest BCUT2D eigenvalue weighted by atomic mass is 9.94. The van der Waals surface area contributed by atoms with E-state index in [1.807, 2.05) is 6.07 Å². The second kappa shape index (κ2) is 9.60. The van der Waals surface area contributed by atoms with Crippen molar-refractivity contribution >= 4 is 17.5 Å². The lowest BCUT2D eigenvalue weighted by Crippen LogP contribution is -2.47. The first-order valence-corrected chi connectivity index (χ1v) is 10.6. The summed E-state index contributed by atoms with van der Waals surface area (Å²) in [5.74, 6) is -1.47. The first-order chi connectivity index (χ1) is 15.1. The summed E-state index contributed by atoms with van der Waals surface area (Å²) in [5, 5.41) is 3.10. The number of nitrogens with one attached hydrogen (secondary N) is 1. The van der Waals surface area contributed by atoms with E-state index >= 15 is 0 Å². The van der Waals surface area contributed by atoms with Crippen molar-refractivity contribution in [2.24, 2.45) is 0 Å². The lowest BCUT2D eigenvalue weighted by Gasteiger charge is -2.33. The number of hydrogen-bond donors (Lipinski definition) is 1. The van der Waals surface area contributed by atoms with Crippen LogP contribution in [0.1, 0.15) is 54.3 Å². The number of halogens is 1. The summed E-state index contributed by atoms with van der Waals surface area (Å²) in [6.45, 7) is 0. The van der Waals surface area contributed by atoms with Crippen molar-refractivity contribution in [3.05, 3.63) is 90.1 Å². The van der Waals surface area contributed by atoms with Gasteiger partial charge in [-0.15, -0.1) is 0 Å². The maximum Gasteiger partial charge on any atom is 0.295 e. The minimum Gasteiger partial charge on any atom is -0.459 e. The average molecular weight is 420 g/mol. The first kappa shape index (κ1) is 20.8. The number of carbonyl (C=O) groups excluding carboxylic acids is 2. The van der Waals surface area contributed by atoms with E-state index in [1.54, 1.807) is 42.5 Å². The third-order valence-electron chi connectivity index (χ3n) is 5.64. The van der Waals surface area contributed by atoms with Crippen LogP contribution in [0.15, 0.2) is 77.4 Å². The fourth-order valence-electron chi connectivity index (χ4n) is 4.11. The van der Waals surface area contributed by atoms with Crippen molar-refractivity contribution in [1.29, 1.82) is 0 Å². The zero-order valence-corrected chi connectivity index (χ0v) is 17.2. The van der Waals surface area contributed by atoms with Gasteiger partial charge in [-0.25, -0.2) is 4.39 Å². The fraction of sp³-hybridized carbons (Fsp3) is 0.280. The number of amides is 2. The van der Waals surface area contributed by atoms with Crippen molar-refractivity contribution < 1.29 is 18.4 Å². The Balaban J connectivity index is 1.78. The van der Waals surface area contributed by atoms with Crippen molar-refractivity contribution in [2.45, 2.75) is 44.2 Å². The van der Waals surface area contributed by atoms with Gasteiger partial charge in [0.05, 0.1) is 12.0 Å². The van der Waals surface area contributed by atoms with Crippen LogP contribution in [0.5, 0.6) is 0 Å². The van der Waals surface area contributed by atoms with Gasteiger partial charge < -0.3 is 9.73 Å². The highest BCUT2D eigenvalue weighted by Crippen LogP contribution is 2.32. The molecule has 2 amide bonds. The Morgan fingerprint density at radius 3 is 2.32 bits per heavy atom. The molecule has 2 aromatic carbocycles. The highest BCUT2D eigenvalue weighted by atomic mass is 19.1. The first-order valence-electron chi connectivity index (χ1n) is 10.6. The summed E-state index contributed by atoms with van der Waals surface area (Å²) in [6, 6.07) is 17.1. The molecule has 5 nitrogen and oxygen atoms in total. The van der Waals surface area contributed by atoms with Crippen LogP contribution < -0.4 is 10.2 Å². The molecule has 4 rings (SSSR count). The number of carbonyl (C=O) groups is 2. The molecule has 1 aliphatic rings. The van der Waals surface area contributed by atoms with E-state index in [0.29, 0.717) is 5.56 Å². The van der Waals surface area contributed by atoms with E-state index < -0.39 is 17.8 Å². The van der Waals surface area contributed by atoms with Gasteiger partial charge in [0, 0.05) is 6.04 Å². The van der Waals surface area contributed by atoms with Crippen molar-refractivity contribution in [3.8, 4) is 0 Å². The van der Waals surface area contributed by atoms with Gasteiger partial charge in [0.1, 0.15) is 11.9 Å². The van der Waals surface area contributed by atoms with Crippen molar-refractivity contribution in [2.75, 3.05) is 4.90 Å².